The zero-order valence-corrected chi connectivity index (χ0v) is 5.71. The van der Waals surface area contributed by atoms with Crippen LogP contribution >= 0.6 is 0 Å². The smallest absolute Gasteiger partial charge is 0.162 e. The predicted molar refractivity (Wildman–Crippen MR) is 34.7 cm³/mol. The highest BCUT2D eigenvalue weighted by Gasteiger charge is 2.39. The van der Waals surface area contributed by atoms with E-state index in [4.69, 9.17) is 25.2 Å². The summed E-state index contributed by atoms with van der Waals surface area (Å²) in [6.45, 7) is -0.393. The van der Waals surface area contributed by atoms with Crippen molar-refractivity contribution in [3.63, 3.8) is 0 Å². The van der Waals surface area contributed by atoms with Crippen LogP contribution in [0.2, 0.25) is 0 Å². The van der Waals surface area contributed by atoms with Gasteiger partial charge in [-0.3, -0.25) is 0 Å². The van der Waals surface area contributed by atoms with Gasteiger partial charge in [-0.05, 0) is 0 Å². The molecule has 1 aliphatic rings. The van der Waals surface area contributed by atoms with E-state index >= 15 is 0 Å². The van der Waals surface area contributed by atoms with Gasteiger partial charge in [-0.15, -0.1) is 0 Å². The van der Waals surface area contributed by atoms with Crippen LogP contribution in [0.4, 0.5) is 0 Å². The second-order valence-corrected chi connectivity index (χ2v) is 2.31. The maximum atomic E-state index is 9.07. The number of hydrogen-bond donors (Lipinski definition) is 4. The Morgan fingerprint density at radius 2 is 2.09 bits per heavy atom. The first-order valence-electron chi connectivity index (χ1n) is 3.18. The van der Waals surface area contributed by atoms with E-state index in [1.165, 1.54) is 0 Å². The van der Waals surface area contributed by atoms with Crippen molar-refractivity contribution in [1.29, 1.82) is 0 Å². The largest absolute Gasteiger partial charge is 0.512 e. The molecule has 1 saturated heterocycles. The highest BCUT2D eigenvalue weighted by Crippen LogP contribution is 2.23. The number of aliphatic hydroxyl groups excluding tert-OH is 4. The van der Waals surface area contributed by atoms with Gasteiger partial charge < -0.3 is 25.2 Å². The van der Waals surface area contributed by atoms with Gasteiger partial charge in [0.15, 0.2) is 11.9 Å². The Bertz CT molecular complexity index is 166. The Morgan fingerprint density at radius 3 is 2.36 bits per heavy atom. The molecule has 1 aliphatic heterocycles. The van der Waals surface area contributed by atoms with E-state index in [1.807, 2.05) is 0 Å². The van der Waals surface area contributed by atoms with Crippen molar-refractivity contribution in [3.05, 3.63) is 12.0 Å². The van der Waals surface area contributed by atoms with Crippen LogP contribution in [0.5, 0.6) is 0 Å². The summed E-state index contributed by atoms with van der Waals surface area (Å²) in [5, 5.41) is 35.1. The Balaban J connectivity index is 2.68. The molecule has 1 fully saturated rings. The van der Waals surface area contributed by atoms with Crippen molar-refractivity contribution in [2.24, 2.45) is 0 Å². The summed E-state index contributed by atoms with van der Waals surface area (Å²) >= 11 is 0. The Labute approximate surface area is 63.2 Å². The van der Waals surface area contributed by atoms with Crippen LogP contribution in [0.3, 0.4) is 0 Å². The lowest BCUT2D eigenvalue weighted by atomic mass is 10.1. The molecule has 0 radical (unpaired) electrons. The van der Waals surface area contributed by atoms with Crippen LogP contribution in [-0.2, 0) is 4.74 Å². The summed E-state index contributed by atoms with van der Waals surface area (Å²) in [4.78, 5) is 0. The third kappa shape index (κ3) is 1.30. The van der Waals surface area contributed by atoms with Gasteiger partial charge in [-0.1, -0.05) is 0 Å². The highest BCUT2D eigenvalue weighted by atomic mass is 16.5. The van der Waals surface area contributed by atoms with E-state index < -0.39 is 24.9 Å². The van der Waals surface area contributed by atoms with Crippen molar-refractivity contribution in [2.45, 2.75) is 18.3 Å². The fraction of sp³-hybridized carbons (Fsp3) is 0.667. The molecule has 64 valence electrons. The fourth-order valence-corrected chi connectivity index (χ4v) is 0.938. The monoisotopic (exact) mass is 162 g/mol. The van der Waals surface area contributed by atoms with E-state index in [-0.39, 0.29) is 5.76 Å². The summed E-state index contributed by atoms with van der Waals surface area (Å²) in [7, 11) is 0. The molecule has 0 aromatic heterocycles. The van der Waals surface area contributed by atoms with Crippen molar-refractivity contribution in [2.75, 3.05) is 6.61 Å². The van der Waals surface area contributed by atoms with E-state index in [2.05, 4.69) is 0 Å². The molecule has 3 atom stereocenters. The van der Waals surface area contributed by atoms with E-state index in [9.17, 15) is 0 Å². The molecule has 0 saturated carbocycles. The molecule has 5 heteroatoms. The molecule has 0 aromatic rings. The minimum Gasteiger partial charge on any atom is -0.512 e. The predicted octanol–water partition coefficient (Wildman–Crippen LogP) is -1.50. The zero-order chi connectivity index (χ0) is 8.43. The molecule has 0 amide bonds. The minimum atomic E-state index is -1.24. The van der Waals surface area contributed by atoms with E-state index in [1.54, 1.807) is 0 Å². The Morgan fingerprint density at radius 1 is 1.45 bits per heavy atom. The molecule has 0 bridgehead atoms. The summed E-state index contributed by atoms with van der Waals surface area (Å²) in [5.74, 6) is -0.114. The number of ether oxygens (including phenoxy) is 1. The van der Waals surface area contributed by atoms with Crippen molar-refractivity contribution < 1.29 is 25.2 Å². The third-order valence-corrected chi connectivity index (χ3v) is 1.59. The Hall–Kier alpha value is -0.780. The summed E-state index contributed by atoms with van der Waals surface area (Å²) in [6, 6.07) is 0. The summed E-state index contributed by atoms with van der Waals surface area (Å²) < 4.78 is 4.75. The van der Waals surface area contributed by atoms with Crippen molar-refractivity contribution in [1.82, 2.24) is 0 Å². The molecule has 0 spiro atoms. The van der Waals surface area contributed by atoms with Gasteiger partial charge in [0.05, 0.1) is 6.61 Å². The average Bonchev–Trinajstić information content (AvgIpc) is 2.30. The molecular formula is C6H10O5. The van der Waals surface area contributed by atoms with Gasteiger partial charge in [0.2, 0.25) is 0 Å². The van der Waals surface area contributed by atoms with E-state index in [0.29, 0.717) is 6.26 Å². The second-order valence-electron chi connectivity index (χ2n) is 2.31. The third-order valence-electron chi connectivity index (χ3n) is 1.59. The minimum absolute atomic E-state index is 0.114. The molecule has 1 unspecified atom stereocenters. The van der Waals surface area contributed by atoms with Crippen molar-refractivity contribution in [3.8, 4) is 0 Å². The van der Waals surface area contributed by atoms with Crippen LogP contribution in [-0.4, -0.2) is 45.3 Å². The normalized spacial score (nSPS) is 41.0. The summed E-state index contributed by atoms with van der Waals surface area (Å²) in [6.07, 6.45) is -2.68. The topological polar surface area (TPSA) is 90.2 Å². The second kappa shape index (κ2) is 3.08. The standard InChI is InChI=1S/C6H10O5/c7-1-3-5(9)6(10)4(2-8)11-3/h1,4-10H,2H2/b3-1+/t4-,5?,6+/m1/s1. The number of rotatable bonds is 1. The lowest BCUT2D eigenvalue weighted by Gasteiger charge is -2.09. The van der Waals surface area contributed by atoms with Crippen molar-refractivity contribution >= 4 is 0 Å². The molecule has 1 rings (SSSR count). The molecule has 0 aromatic carbocycles. The van der Waals surface area contributed by atoms with Crippen LogP contribution in [0.25, 0.3) is 0 Å². The van der Waals surface area contributed by atoms with Gasteiger partial charge in [0.1, 0.15) is 18.5 Å². The van der Waals surface area contributed by atoms with Crippen LogP contribution < -0.4 is 0 Å². The first-order chi connectivity index (χ1) is 5.20. The maximum absolute atomic E-state index is 9.07. The average molecular weight is 162 g/mol. The lowest BCUT2D eigenvalue weighted by molar-refractivity contribution is -0.00302. The first-order valence-corrected chi connectivity index (χ1v) is 3.18. The first kappa shape index (κ1) is 8.32. The SMILES string of the molecule is O/C=C1/O[C@H](CO)[C@H](O)C1O. The molecule has 1 heterocycles. The summed E-state index contributed by atoms with van der Waals surface area (Å²) in [5.41, 5.74) is 0. The fourth-order valence-electron chi connectivity index (χ4n) is 0.938. The van der Waals surface area contributed by atoms with Crippen LogP contribution in [0, 0.1) is 0 Å². The van der Waals surface area contributed by atoms with Gasteiger partial charge in [0, 0.05) is 0 Å². The molecule has 5 nitrogen and oxygen atoms in total. The number of aliphatic hydroxyl groups is 4. The zero-order valence-electron chi connectivity index (χ0n) is 5.71. The number of hydrogen-bond acceptors (Lipinski definition) is 5. The molecular weight excluding hydrogens is 152 g/mol. The van der Waals surface area contributed by atoms with Gasteiger partial charge >= 0.3 is 0 Å². The molecule has 0 aliphatic carbocycles. The van der Waals surface area contributed by atoms with Gasteiger partial charge in [-0.2, -0.15) is 0 Å². The van der Waals surface area contributed by atoms with Gasteiger partial charge in [0.25, 0.3) is 0 Å². The van der Waals surface area contributed by atoms with Crippen LogP contribution in [0.1, 0.15) is 0 Å². The van der Waals surface area contributed by atoms with E-state index in [0.717, 1.165) is 0 Å². The molecule has 4 N–H and O–H groups in total. The quantitative estimate of drug-likeness (QED) is 0.352. The maximum Gasteiger partial charge on any atom is 0.162 e. The van der Waals surface area contributed by atoms with Crippen LogP contribution in [0.15, 0.2) is 12.0 Å². The highest BCUT2D eigenvalue weighted by molar-refractivity contribution is 5.07. The lowest BCUT2D eigenvalue weighted by Crippen LogP contribution is -2.31. The molecule has 11 heavy (non-hydrogen) atoms. The Kier molecular flexibility index (Phi) is 2.33. The van der Waals surface area contributed by atoms with Gasteiger partial charge in [-0.25, -0.2) is 0 Å².